The first-order chi connectivity index (χ1) is 17.0. The lowest BCUT2D eigenvalue weighted by atomic mass is 10.1. The molecule has 0 saturated carbocycles. The molecule has 190 valence electrons. The maximum Gasteiger partial charge on any atom is 0.269 e. The molecule has 0 aliphatic heterocycles. The Morgan fingerprint density at radius 2 is 1.78 bits per heavy atom. The summed E-state index contributed by atoms with van der Waals surface area (Å²) in [6.07, 6.45) is 0.211. The van der Waals surface area contributed by atoms with Gasteiger partial charge in [-0.1, -0.05) is 12.1 Å². The van der Waals surface area contributed by atoms with Crippen LogP contribution in [0.15, 0.2) is 59.5 Å². The highest BCUT2D eigenvalue weighted by molar-refractivity contribution is 7.92. The fraction of sp³-hybridized carbons (Fsp3) is 0.208. The standard InChI is InChI=1S/C24H23F2N3O6S/c1-15-12-17(29(31)32)8-9-21(15)28-36(33,34)23-10-6-16(13-22(23)35-2)7-11-24(30)27-14-18-19(25)4-3-5-20(18)26/h3-6,8-10,12-13,28H,7,11,14H2,1-2H3,(H,27,30). The van der Waals surface area contributed by atoms with Gasteiger partial charge in [0.25, 0.3) is 15.7 Å². The van der Waals surface area contributed by atoms with Crippen molar-refractivity contribution in [2.75, 3.05) is 11.8 Å². The van der Waals surface area contributed by atoms with Gasteiger partial charge in [0.2, 0.25) is 5.91 Å². The molecule has 9 nitrogen and oxygen atoms in total. The molecule has 0 spiro atoms. The Morgan fingerprint density at radius 3 is 2.39 bits per heavy atom. The summed E-state index contributed by atoms with van der Waals surface area (Å²) >= 11 is 0. The zero-order valence-corrected chi connectivity index (χ0v) is 20.2. The molecule has 0 bridgehead atoms. The van der Waals surface area contributed by atoms with Crippen LogP contribution >= 0.6 is 0 Å². The number of ether oxygens (including phenoxy) is 1. The van der Waals surface area contributed by atoms with Crippen LogP contribution in [0.1, 0.15) is 23.1 Å². The summed E-state index contributed by atoms with van der Waals surface area (Å²) in [6, 6.07) is 11.5. The zero-order chi connectivity index (χ0) is 26.5. The van der Waals surface area contributed by atoms with Crippen LogP contribution in [0.4, 0.5) is 20.2 Å². The van der Waals surface area contributed by atoms with E-state index in [1.54, 1.807) is 0 Å². The molecule has 36 heavy (non-hydrogen) atoms. The molecule has 3 rings (SSSR count). The van der Waals surface area contributed by atoms with Crippen LogP contribution in [-0.4, -0.2) is 26.4 Å². The summed E-state index contributed by atoms with van der Waals surface area (Å²) in [5.74, 6) is -1.92. The number of nitrogens with one attached hydrogen (secondary N) is 2. The van der Waals surface area contributed by atoms with Crippen molar-refractivity contribution < 1.29 is 31.7 Å². The topological polar surface area (TPSA) is 128 Å². The number of amides is 1. The monoisotopic (exact) mass is 519 g/mol. The minimum atomic E-state index is -4.10. The highest BCUT2D eigenvalue weighted by atomic mass is 32.2. The van der Waals surface area contributed by atoms with Crippen molar-refractivity contribution in [3.05, 3.63) is 93.0 Å². The van der Waals surface area contributed by atoms with Gasteiger partial charge >= 0.3 is 0 Å². The fourth-order valence-corrected chi connectivity index (χ4v) is 4.68. The first kappa shape index (κ1) is 26.5. The Hall–Kier alpha value is -4.06. The third-order valence-electron chi connectivity index (χ3n) is 5.35. The predicted molar refractivity (Wildman–Crippen MR) is 128 cm³/mol. The van der Waals surface area contributed by atoms with Gasteiger partial charge in [0, 0.05) is 30.7 Å². The zero-order valence-electron chi connectivity index (χ0n) is 19.4. The number of anilines is 1. The number of nitro benzene ring substituents is 1. The third kappa shape index (κ3) is 6.33. The minimum absolute atomic E-state index is 0.00837. The fourth-order valence-electron chi connectivity index (χ4n) is 3.40. The molecule has 0 atom stereocenters. The Morgan fingerprint density at radius 1 is 1.08 bits per heavy atom. The SMILES string of the molecule is COc1cc(CCC(=O)NCc2c(F)cccc2F)ccc1S(=O)(=O)Nc1ccc([N+](=O)[O-])cc1C. The van der Waals surface area contributed by atoms with E-state index in [9.17, 15) is 32.1 Å². The van der Waals surface area contributed by atoms with Crippen LogP contribution in [0.5, 0.6) is 5.75 Å². The second kappa shape index (κ2) is 11.1. The molecule has 0 heterocycles. The molecule has 2 N–H and O–H groups in total. The number of halogens is 2. The number of benzene rings is 3. The molecule has 0 unspecified atom stereocenters. The highest BCUT2D eigenvalue weighted by Crippen LogP contribution is 2.29. The van der Waals surface area contributed by atoms with Crippen molar-refractivity contribution in [3.63, 3.8) is 0 Å². The summed E-state index contributed by atoms with van der Waals surface area (Å²) in [5.41, 5.74) is 0.738. The smallest absolute Gasteiger partial charge is 0.269 e. The quantitative estimate of drug-likeness (QED) is 0.305. The molecular formula is C24H23F2N3O6S. The largest absolute Gasteiger partial charge is 0.495 e. The van der Waals surface area contributed by atoms with Gasteiger partial charge < -0.3 is 10.1 Å². The van der Waals surface area contributed by atoms with Crippen LogP contribution in [0.25, 0.3) is 0 Å². The highest BCUT2D eigenvalue weighted by Gasteiger charge is 2.22. The van der Waals surface area contributed by atoms with Gasteiger partial charge in [-0.05, 0) is 54.8 Å². The van der Waals surface area contributed by atoms with E-state index >= 15 is 0 Å². The van der Waals surface area contributed by atoms with Crippen LogP contribution in [0, 0.1) is 28.7 Å². The van der Waals surface area contributed by atoms with Crippen molar-refractivity contribution in [3.8, 4) is 5.75 Å². The molecule has 1 amide bonds. The van der Waals surface area contributed by atoms with Gasteiger partial charge in [-0.3, -0.25) is 19.6 Å². The lowest BCUT2D eigenvalue weighted by Crippen LogP contribution is -2.24. The number of rotatable bonds is 10. The number of carbonyl (C=O) groups excluding carboxylic acids is 1. The Labute approximate surface area is 206 Å². The van der Waals surface area contributed by atoms with E-state index in [-0.39, 0.29) is 47.0 Å². The van der Waals surface area contributed by atoms with E-state index in [1.165, 1.54) is 56.5 Å². The molecule has 3 aromatic carbocycles. The van der Waals surface area contributed by atoms with Gasteiger partial charge in [-0.25, -0.2) is 17.2 Å². The lowest BCUT2D eigenvalue weighted by molar-refractivity contribution is -0.384. The van der Waals surface area contributed by atoms with Crippen molar-refractivity contribution in [1.29, 1.82) is 0 Å². The predicted octanol–water partition coefficient (Wildman–Crippen LogP) is 4.24. The number of hydrogen-bond acceptors (Lipinski definition) is 6. The molecule has 0 aliphatic carbocycles. The van der Waals surface area contributed by atoms with Gasteiger partial charge in [-0.2, -0.15) is 0 Å². The maximum absolute atomic E-state index is 13.7. The molecular weight excluding hydrogens is 496 g/mol. The van der Waals surface area contributed by atoms with E-state index in [1.807, 2.05) is 0 Å². The van der Waals surface area contributed by atoms with Crippen molar-refractivity contribution in [2.45, 2.75) is 31.2 Å². The normalized spacial score (nSPS) is 11.1. The van der Waals surface area contributed by atoms with E-state index in [0.717, 1.165) is 12.1 Å². The molecule has 0 saturated heterocycles. The minimum Gasteiger partial charge on any atom is -0.495 e. The third-order valence-corrected chi connectivity index (χ3v) is 6.75. The average Bonchev–Trinajstić information content (AvgIpc) is 2.83. The van der Waals surface area contributed by atoms with Crippen LogP contribution < -0.4 is 14.8 Å². The van der Waals surface area contributed by atoms with Gasteiger partial charge in [-0.15, -0.1) is 0 Å². The first-order valence-corrected chi connectivity index (χ1v) is 12.1. The summed E-state index contributed by atoms with van der Waals surface area (Å²) in [5, 5.41) is 13.4. The second-order valence-electron chi connectivity index (χ2n) is 7.82. The Kier molecular flexibility index (Phi) is 8.20. The van der Waals surface area contributed by atoms with E-state index in [2.05, 4.69) is 10.0 Å². The van der Waals surface area contributed by atoms with E-state index in [4.69, 9.17) is 4.74 Å². The number of nitrogens with zero attached hydrogens (tertiary/aromatic N) is 1. The first-order valence-electron chi connectivity index (χ1n) is 10.7. The van der Waals surface area contributed by atoms with Gasteiger partial charge in [0.1, 0.15) is 22.3 Å². The van der Waals surface area contributed by atoms with Crippen LogP contribution in [-0.2, 0) is 27.8 Å². The summed E-state index contributed by atoms with van der Waals surface area (Å²) in [6.45, 7) is 1.24. The van der Waals surface area contributed by atoms with E-state index in [0.29, 0.717) is 11.1 Å². The number of methoxy groups -OCH3 is 1. The molecule has 3 aromatic rings. The summed E-state index contributed by atoms with van der Waals surface area (Å²) in [7, 11) is -2.81. The Bertz CT molecular complexity index is 1390. The van der Waals surface area contributed by atoms with E-state index < -0.39 is 32.5 Å². The number of non-ortho nitro benzene ring substituents is 1. The molecule has 0 radical (unpaired) electrons. The van der Waals surface area contributed by atoms with Crippen LogP contribution in [0.3, 0.4) is 0 Å². The average molecular weight is 520 g/mol. The number of aryl methyl sites for hydroxylation is 2. The number of sulfonamides is 1. The summed E-state index contributed by atoms with van der Waals surface area (Å²) in [4.78, 5) is 22.3. The maximum atomic E-state index is 13.7. The van der Waals surface area contributed by atoms with Gasteiger partial charge in [0.05, 0.1) is 17.7 Å². The molecule has 0 aromatic heterocycles. The molecule has 0 fully saturated rings. The Balaban J connectivity index is 1.68. The number of carbonyl (C=O) groups is 1. The number of hydrogen-bond donors (Lipinski definition) is 2. The van der Waals surface area contributed by atoms with Crippen molar-refractivity contribution >= 4 is 27.3 Å². The van der Waals surface area contributed by atoms with Gasteiger partial charge in [0.15, 0.2) is 0 Å². The lowest BCUT2D eigenvalue weighted by Gasteiger charge is -2.14. The van der Waals surface area contributed by atoms with Crippen molar-refractivity contribution in [2.24, 2.45) is 0 Å². The molecule has 12 heteroatoms. The number of nitro groups is 1. The molecule has 0 aliphatic rings. The second-order valence-corrected chi connectivity index (χ2v) is 9.47. The van der Waals surface area contributed by atoms with Crippen LogP contribution in [0.2, 0.25) is 0 Å². The summed E-state index contributed by atoms with van der Waals surface area (Å²) < 4.78 is 60.9. The van der Waals surface area contributed by atoms with Crippen molar-refractivity contribution in [1.82, 2.24) is 5.32 Å².